The first-order chi connectivity index (χ1) is 10.7. The van der Waals surface area contributed by atoms with E-state index < -0.39 is 0 Å². The summed E-state index contributed by atoms with van der Waals surface area (Å²) in [5.74, 6) is 4.03. The molecule has 3 heterocycles. The van der Waals surface area contributed by atoms with Crippen molar-refractivity contribution in [1.82, 2.24) is 25.1 Å². The van der Waals surface area contributed by atoms with E-state index in [0.29, 0.717) is 12.5 Å². The van der Waals surface area contributed by atoms with Crippen molar-refractivity contribution in [3.8, 4) is 0 Å². The summed E-state index contributed by atoms with van der Waals surface area (Å²) >= 11 is 0. The van der Waals surface area contributed by atoms with Gasteiger partial charge in [-0.05, 0) is 26.2 Å². The Morgan fingerprint density at radius 1 is 1.45 bits per heavy atom. The van der Waals surface area contributed by atoms with Crippen LogP contribution < -0.4 is 0 Å². The van der Waals surface area contributed by atoms with E-state index in [9.17, 15) is 0 Å². The minimum absolute atomic E-state index is 0.178. The molecule has 1 aliphatic heterocycles. The van der Waals surface area contributed by atoms with Crippen molar-refractivity contribution in [3.63, 3.8) is 0 Å². The van der Waals surface area contributed by atoms with Crippen molar-refractivity contribution in [3.05, 3.63) is 29.5 Å². The van der Waals surface area contributed by atoms with E-state index in [2.05, 4.69) is 20.1 Å². The van der Waals surface area contributed by atoms with Crippen LogP contribution in [0.15, 0.2) is 10.6 Å². The van der Waals surface area contributed by atoms with Crippen LogP contribution in [0.2, 0.25) is 0 Å². The number of hydrogen-bond donors (Lipinski definition) is 1. The number of methoxy groups -OCH3 is 1. The van der Waals surface area contributed by atoms with Crippen molar-refractivity contribution >= 4 is 0 Å². The summed E-state index contributed by atoms with van der Waals surface area (Å²) in [5.41, 5.74) is 0. The predicted molar refractivity (Wildman–Crippen MR) is 78.2 cm³/mol. The fraction of sp³-hybridized carbons (Fsp3) is 0.667. The summed E-state index contributed by atoms with van der Waals surface area (Å²) < 4.78 is 11.2. The average molecular weight is 303 g/mol. The van der Waals surface area contributed by atoms with Gasteiger partial charge in [-0.3, -0.25) is 10.00 Å². The molecule has 0 amide bonds. The first kappa shape index (κ1) is 13.9. The fourth-order valence-electron chi connectivity index (χ4n) is 3.10. The fourth-order valence-corrected chi connectivity index (χ4v) is 3.10. The number of aryl methyl sites for hydroxylation is 1. The lowest BCUT2D eigenvalue weighted by Gasteiger charge is -2.20. The molecular weight excluding hydrogens is 282 g/mol. The first-order valence-electron chi connectivity index (χ1n) is 7.83. The smallest absolute Gasteiger partial charge is 0.208 e. The number of rotatable bonds is 5. The first-order valence-corrected chi connectivity index (χ1v) is 7.83. The summed E-state index contributed by atoms with van der Waals surface area (Å²) in [6.07, 6.45) is 5.29. The van der Waals surface area contributed by atoms with Gasteiger partial charge in [0.15, 0.2) is 5.82 Å². The van der Waals surface area contributed by atoms with Crippen molar-refractivity contribution in [1.29, 1.82) is 0 Å². The maximum atomic E-state index is 5.61. The lowest BCUT2D eigenvalue weighted by atomic mass is 10.2. The maximum Gasteiger partial charge on any atom is 0.208 e. The van der Waals surface area contributed by atoms with E-state index in [1.807, 2.05) is 6.92 Å². The predicted octanol–water partition coefficient (Wildman–Crippen LogP) is 1.94. The van der Waals surface area contributed by atoms with Gasteiger partial charge < -0.3 is 9.15 Å². The third-order valence-electron chi connectivity index (χ3n) is 4.48. The highest BCUT2D eigenvalue weighted by molar-refractivity contribution is 5.09. The van der Waals surface area contributed by atoms with E-state index >= 15 is 0 Å². The molecule has 0 unspecified atom stereocenters. The van der Waals surface area contributed by atoms with Gasteiger partial charge >= 0.3 is 0 Å². The zero-order valence-electron chi connectivity index (χ0n) is 13.0. The summed E-state index contributed by atoms with van der Waals surface area (Å²) in [6.45, 7) is 3.42. The topological polar surface area (TPSA) is 80.1 Å². The molecule has 1 saturated carbocycles. The summed E-state index contributed by atoms with van der Waals surface area (Å²) in [4.78, 5) is 11.3. The normalized spacial score (nSPS) is 25.9. The van der Waals surface area contributed by atoms with Gasteiger partial charge in [0.1, 0.15) is 11.6 Å². The number of likely N-dealkylation sites (tertiary alicyclic amines) is 1. The molecule has 7 heteroatoms. The highest BCUT2D eigenvalue weighted by Gasteiger charge is 2.37. The van der Waals surface area contributed by atoms with E-state index in [-0.39, 0.29) is 12.1 Å². The molecule has 2 aliphatic rings. The third kappa shape index (κ3) is 2.66. The van der Waals surface area contributed by atoms with Crippen molar-refractivity contribution in [2.45, 2.75) is 50.8 Å². The monoisotopic (exact) mass is 303 g/mol. The Hall–Kier alpha value is -1.73. The van der Waals surface area contributed by atoms with Gasteiger partial charge in [0, 0.05) is 19.6 Å². The highest BCUT2D eigenvalue weighted by Crippen LogP contribution is 2.39. The van der Waals surface area contributed by atoms with E-state index in [1.165, 1.54) is 12.8 Å². The standard InChI is InChI=1S/C15H21N5O2/c1-9-6-16-13(22-9)8-20-7-11(21-2)5-12(20)15-17-14(18-19-15)10-3-4-10/h6,10-12H,3-5,7-8H2,1-2H3,(H,17,18,19)/t11-,12+/m1/s1. The highest BCUT2D eigenvalue weighted by atomic mass is 16.5. The Balaban J connectivity index is 1.53. The molecular formula is C15H21N5O2. The average Bonchev–Trinajstić information content (AvgIpc) is 2.94. The Morgan fingerprint density at radius 2 is 2.32 bits per heavy atom. The van der Waals surface area contributed by atoms with Gasteiger partial charge in [-0.2, -0.15) is 5.10 Å². The van der Waals surface area contributed by atoms with Crippen LogP contribution >= 0.6 is 0 Å². The lowest BCUT2D eigenvalue weighted by Crippen LogP contribution is -2.25. The van der Waals surface area contributed by atoms with Gasteiger partial charge in [-0.1, -0.05) is 0 Å². The number of nitrogens with zero attached hydrogens (tertiary/aromatic N) is 4. The second-order valence-electron chi connectivity index (χ2n) is 6.26. The van der Waals surface area contributed by atoms with Gasteiger partial charge in [0.25, 0.3) is 0 Å². The molecule has 7 nitrogen and oxygen atoms in total. The molecule has 0 spiro atoms. The minimum Gasteiger partial charge on any atom is -0.445 e. The SMILES string of the molecule is CO[C@@H]1C[C@@H](c2nc(C3CC3)n[nH]2)N(Cc2ncc(C)o2)C1. The van der Waals surface area contributed by atoms with Crippen LogP contribution in [0, 0.1) is 6.92 Å². The molecule has 1 N–H and O–H groups in total. The largest absolute Gasteiger partial charge is 0.445 e. The molecule has 1 saturated heterocycles. The molecule has 1 aliphatic carbocycles. The Kier molecular flexibility index (Phi) is 3.46. The van der Waals surface area contributed by atoms with E-state index in [1.54, 1.807) is 13.3 Å². The van der Waals surface area contributed by atoms with E-state index in [0.717, 1.165) is 36.3 Å². The van der Waals surface area contributed by atoms with E-state index in [4.69, 9.17) is 14.1 Å². The van der Waals surface area contributed by atoms with Gasteiger partial charge in [0.05, 0.1) is 24.9 Å². The molecule has 2 aromatic rings. The van der Waals surface area contributed by atoms with Crippen LogP contribution in [-0.4, -0.2) is 44.8 Å². The number of hydrogen-bond acceptors (Lipinski definition) is 6. The minimum atomic E-state index is 0.178. The number of H-pyrrole nitrogens is 1. The van der Waals surface area contributed by atoms with Crippen molar-refractivity contribution < 1.29 is 9.15 Å². The molecule has 2 atom stereocenters. The molecule has 0 bridgehead atoms. The molecule has 2 aromatic heterocycles. The van der Waals surface area contributed by atoms with Crippen LogP contribution in [-0.2, 0) is 11.3 Å². The number of ether oxygens (including phenoxy) is 1. The Labute approximate surface area is 129 Å². The zero-order chi connectivity index (χ0) is 15.1. The molecule has 118 valence electrons. The second kappa shape index (κ2) is 5.48. The van der Waals surface area contributed by atoms with Crippen LogP contribution in [0.5, 0.6) is 0 Å². The molecule has 22 heavy (non-hydrogen) atoms. The number of aromatic amines is 1. The zero-order valence-corrected chi connectivity index (χ0v) is 13.0. The summed E-state index contributed by atoms with van der Waals surface area (Å²) in [7, 11) is 1.76. The lowest BCUT2D eigenvalue weighted by molar-refractivity contribution is 0.106. The van der Waals surface area contributed by atoms with Crippen LogP contribution in [0.1, 0.15) is 54.5 Å². The molecule has 2 fully saturated rings. The number of aromatic nitrogens is 4. The van der Waals surface area contributed by atoms with Crippen LogP contribution in [0.4, 0.5) is 0 Å². The second-order valence-corrected chi connectivity index (χ2v) is 6.26. The van der Waals surface area contributed by atoms with Crippen molar-refractivity contribution in [2.24, 2.45) is 0 Å². The quantitative estimate of drug-likeness (QED) is 0.909. The number of oxazole rings is 1. The summed E-state index contributed by atoms with van der Waals surface area (Å²) in [6, 6.07) is 0.178. The van der Waals surface area contributed by atoms with Crippen LogP contribution in [0.3, 0.4) is 0 Å². The van der Waals surface area contributed by atoms with Gasteiger partial charge in [-0.15, -0.1) is 0 Å². The van der Waals surface area contributed by atoms with Crippen LogP contribution in [0.25, 0.3) is 0 Å². The Morgan fingerprint density at radius 3 is 3.00 bits per heavy atom. The van der Waals surface area contributed by atoms with Gasteiger partial charge in [-0.25, -0.2) is 9.97 Å². The third-order valence-corrected chi connectivity index (χ3v) is 4.48. The molecule has 0 aromatic carbocycles. The maximum absolute atomic E-state index is 5.61. The van der Waals surface area contributed by atoms with Crippen molar-refractivity contribution in [2.75, 3.05) is 13.7 Å². The Bertz CT molecular complexity index is 648. The van der Waals surface area contributed by atoms with Gasteiger partial charge in [0.2, 0.25) is 5.89 Å². The molecule has 4 rings (SSSR count). The number of nitrogens with one attached hydrogen (secondary N) is 1. The summed E-state index contributed by atoms with van der Waals surface area (Å²) in [5, 5.41) is 7.50. The molecule has 0 radical (unpaired) electrons.